The molecule has 0 radical (unpaired) electrons. The fourth-order valence-electron chi connectivity index (χ4n) is 2.30. The van der Waals surface area contributed by atoms with Gasteiger partial charge in [0.25, 0.3) is 10.0 Å². The third kappa shape index (κ3) is 5.59. The first kappa shape index (κ1) is 21.0. The summed E-state index contributed by atoms with van der Waals surface area (Å²) in [6, 6.07) is 12.3. The summed E-state index contributed by atoms with van der Waals surface area (Å²) in [6.45, 7) is 0.216. The van der Waals surface area contributed by atoms with E-state index in [9.17, 15) is 13.2 Å². The van der Waals surface area contributed by atoms with Crippen LogP contribution in [-0.2, 0) is 19.6 Å². The predicted molar refractivity (Wildman–Crippen MR) is 104 cm³/mol. The molecule has 0 spiro atoms. The number of carbonyl (C=O) groups is 1. The number of amides is 1. The van der Waals surface area contributed by atoms with Crippen LogP contribution in [0.15, 0.2) is 53.4 Å². The van der Waals surface area contributed by atoms with E-state index in [2.05, 4.69) is 5.32 Å². The van der Waals surface area contributed by atoms with Gasteiger partial charge in [-0.3, -0.25) is 9.10 Å². The van der Waals surface area contributed by atoms with E-state index in [-0.39, 0.29) is 11.4 Å². The molecule has 0 aliphatic rings. The molecule has 9 heteroatoms. The lowest BCUT2D eigenvalue weighted by Crippen LogP contribution is -2.41. The van der Waals surface area contributed by atoms with E-state index in [1.54, 1.807) is 30.3 Å². The van der Waals surface area contributed by atoms with Crippen molar-refractivity contribution in [2.24, 2.45) is 0 Å². The van der Waals surface area contributed by atoms with E-state index in [0.29, 0.717) is 23.1 Å². The van der Waals surface area contributed by atoms with Crippen molar-refractivity contribution in [3.8, 4) is 5.75 Å². The molecule has 27 heavy (non-hydrogen) atoms. The van der Waals surface area contributed by atoms with Crippen LogP contribution in [0.5, 0.6) is 5.75 Å². The number of halogens is 1. The van der Waals surface area contributed by atoms with Crippen molar-refractivity contribution in [1.29, 1.82) is 0 Å². The minimum atomic E-state index is -3.99. The zero-order chi connectivity index (χ0) is 19.9. The monoisotopic (exact) mass is 412 g/mol. The summed E-state index contributed by atoms with van der Waals surface area (Å²) in [5, 5.41) is 2.98. The molecule has 0 heterocycles. The van der Waals surface area contributed by atoms with E-state index in [4.69, 9.17) is 21.1 Å². The molecule has 0 fully saturated rings. The van der Waals surface area contributed by atoms with E-state index in [0.717, 1.165) is 4.31 Å². The summed E-state index contributed by atoms with van der Waals surface area (Å²) in [5.41, 5.74) is 0.292. The van der Waals surface area contributed by atoms with Crippen molar-refractivity contribution in [3.05, 3.63) is 53.6 Å². The molecular weight excluding hydrogens is 392 g/mol. The molecule has 0 bridgehead atoms. The summed E-state index contributed by atoms with van der Waals surface area (Å²) < 4.78 is 37.3. The van der Waals surface area contributed by atoms with Crippen molar-refractivity contribution >= 4 is 33.2 Å². The first-order valence-corrected chi connectivity index (χ1v) is 9.88. The Morgan fingerprint density at radius 2 is 1.85 bits per heavy atom. The highest BCUT2D eigenvalue weighted by Crippen LogP contribution is 2.27. The average molecular weight is 413 g/mol. The molecule has 2 rings (SSSR count). The second-order valence-corrected chi connectivity index (χ2v) is 7.81. The van der Waals surface area contributed by atoms with Crippen molar-refractivity contribution in [3.63, 3.8) is 0 Å². The third-order valence-electron chi connectivity index (χ3n) is 3.66. The van der Waals surface area contributed by atoms with Gasteiger partial charge in [-0.05, 0) is 42.5 Å². The number of benzene rings is 2. The highest BCUT2D eigenvalue weighted by molar-refractivity contribution is 7.92. The molecular formula is C18H21ClN2O5S. The molecule has 146 valence electrons. The van der Waals surface area contributed by atoms with Gasteiger partial charge in [-0.15, -0.1) is 0 Å². The molecule has 7 nitrogen and oxygen atoms in total. The lowest BCUT2D eigenvalue weighted by Gasteiger charge is -2.24. The highest BCUT2D eigenvalue weighted by Gasteiger charge is 2.27. The number of sulfonamides is 1. The number of hydrogen-bond acceptors (Lipinski definition) is 5. The number of anilines is 1. The van der Waals surface area contributed by atoms with Crippen LogP contribution in [0, 0.1) is 0 Å². The number of ether oxygens (including phenoxy) is 2. The fraction of sp³-hybridized carbons (Fsp3) is 0.278. The molecule has 0 aliphatic heterocycles. The zero-order valence-electron chi connectivity index (χ0n) is 15.0. The van der Waals surface area contributed by atoms with Crippen molar-refractivity contribution < 1.29 is 22.7 Å². The van der Waals surface area contributed by atoms with Gasteiger partial charge in [-0.25, -0.2) is 8.42 Å². The molecule has 2 aromatic carbocycles. The fourth-order valence-corrected chi connectivity index (χ4v) is 3.90. The van der Waals surface area contributed by atoms with Gasteiger partial charge >= 0.3 is 0 Å². The lowest BCUT2D eigenvalue weighted by atomic mass is 10.3. The van der Waals surface area contributed by atoms with Crippen molar-refractivity contribution in [1.82, 2.24) is 5.32 Å². The molecule has 1 amide bonds. The van der Waals surface area contributed by atoms with Gasteiger partial charge in [0, 0.05) is 18.7 Å². The van der Waals surface area contributed by atoms with Crippen LogP contribution in [0.1, 0.15) is 0 Å². The molecule has 1 N–H and O–H groups in total. The summed E-state index contributed by atoms with van der Waals surface area (Å²) in [4.78, 5) is 12.3. The maximum absolute atomic E-state index is 13.1. The van der Waals surface area contributed by atoms with Crippen LogP contribution in [0.3, 0.4) is 0 Å². The van der Waals surface area contributed by atoms with Crippen LogP contribution in [-0.4, -0.2) is 48.2 Å². The van der Waals surface area contributed by atoms with E-state index in [1.165, 1.54) is 32.4 Å². The van der Waals surface area contributed by atoms with Crippen LogP contribution in [0.4, 0.5) is 5.69 Å². The van der Waals surface area contributed by atoms with E-state index >= 15 is 0 Å². The number of hydrogen-bond donors (Lipinski definition) is 1. The topological polar surface area (TPSA) is 84.9 Å². The SMILES string of the molecule is COCCNC(=O)CN(c1cccc(Cl)c1)S(=O)(=O)c1ccc(OC)cc1. The van der Waals surface area contributed by atoms with Gasteiger partial charge < -0.3 is 14.8 Å². The smallest absolute Gasteiger partial charge is 0.264 e. The number of methoxy groups -OCH3 is 2. The van der Waals surface area contributed by atoms with Gasteiger partial charge in [0.15, 0.2) is 0 Å². The van der Waals surface area contributed by atoms with Crippen LogP contribution in [0.2, 0.25) is 5.02 Å². The van der Waals surface area contributed by atoms with Crippen LogP contribution < -0.4 is 14.4 Å². The molecule has 0 atom stereocenters. The number of nitrogens with zero attached hydrogens (tertiary/aromatic N) is 1. The Morgan fingerprint density at radius 3 is 2.44 bits per heavy atom. The minimum absolute atomic E-state index is 0.0352. The quantitative estimate of drug-likeness (QED) is 0.639. The second kappa shape index (κ2) is 9.59. The van der Waals surface area contributed by atoms with E-state index < -0.39 is 22.5 Å². The number of rotatable bonds is 9. The molecule has 0 saturated carbocycles. The lowest BCUT2D eigenvalue weighted by molar-refractivity contribution is -0.119. The van der Waals surface area contributed by atoms with Crippen molar-refractivity contribution in [2.75, 3.05) is 38.2 Å². The first-order valence-electron chi connectivity index (χ1n) is 8.06. The molecule has 0 aromatic heterocycles. The minimum Gasteiger partial charge on any atom is -0.497 e. The molecule has 0 saturated heterocycles. The Labute approximate surface area is 163 Å². The van der Waals surface area contributed by atoms with Crippen molar-refractivity contribution in [2.45, 2.75) is 4.90 Å². The van der Waals surface area contributed by atoms with Gasteiger partial charge in [-0.1, -0.05) is 17.7 Å². The van der Waals surface area contributed by atoms with Crippen LogP contribution in [0.25, 0.3) is 0 Å². The summed E-state index contributed by atoms with van der Waals surface area (Å²) in [7, 11) is -0.990. The van der Waals surface area contributed by atoms with E-state index in [1.807, 2.05) is 0 Å². The van der Waals surface area contributed by atoms with Gasteiger partial charge in [0.2, 0.25) is 5.91 Å². The standard InChI is InChI=1S/C18H21ClN2O5S/c1-25-11-10-20-18(22)13-21(15-5-3-4-14(19)12-15)27(23,24)17-8-6-16(26-2)7-9-17/h3-9,12H,10-11,13H2,1-2H3,(H,20,22). The molecule has 0 unspecified atom stereocenters. The first-order chi connectivity index (χ1) is 12.9. The Balaban J connectivity index is 2.36. The normalized spacial score (nSPS) is 11.1. The Kier molecular flexibility index (Phi) is 7.46. The van der Waals surface area contributed by atoms with Crippen LogP contribution >= 0.6 is 11.6 Å². The highest BCUT2D eigenvalue weighted by atomic mass is 35.5. The van der Waals surface area contributed by atoms with Gasteiger partial charge in [-0.2, -0.15) is 0 Å². The van der Waals surface area contributed by atoms with Gasteiger partial charge in [0.05, 0.1) is 24.3 Å². The summed E-state index contributed by atoms with van der Waals surface area (Å²) in [5.74, 6) is 0.0738. The zero-order valence-corrected chi connectivity index (χ0v) is 16.6. The number of nitrogens with one attached hydrogen (secondary N) is 1. The molecule has 2 aromatic rings. The maximum Gasteiger partial charge on any atom is 0.264 e. The van der Waals surface area contributed by atoms with Gasteiger partial charge in [0.1, 0.15) is 12.3 Å². The molecule has 0 aliphatic carbocycles. The predicted octanol–water partition coefficient (Wildman–Crippen LogP) is 2.31. The Hall–Kier alpha value is -2.29. The third-order valence-corrected chi connectivity index (χ3v) is 5.68. The maximum atomic E-state index is 13.1. The average Bonchev–Trinajstić information content (AvgIpc) is 2.66. The second-order valence-electron chi connectivity index (χ2n) is 5.51. The summed E-state index contributed by atoms with van der Waals surface area (Å²) >= 11 is 6.01. The Bertz CT molecular complexity index is 872. The Morgan fingerprint density at radius 1 is 1.15 bits per heavy atom. The largest absolute Gasteiger partial charge is 0.497 e. The number of carbonyl (C=O) groups excluding carboxylic acids is 1. The summed E-state index contributed by atoms with van der Waals surface area (Å²) in [6.07, 6.45) is 0.